The van der Waals surface area contributed by atoms with Crippen molar-refractivity contribution >= 4 is 6.03 Å². The average Bonchev–Trinajstić information content (AvgIpc) is 3.18. The van der Waals surface area contributed by atoms with Crippen LogP contribution in [-0.4, -0.2) is 27.3 Å². The summed E-state index contributed by atoms with van der Waals surface area (Å²) in [5, 5.41) is 10.1. The number of rotatable bonds is 6. The van der Waals surface area contributed by atoms with Crippen LogP contribution in [-0.2, 0) is 6.42 Å². The Morgan fingerprint density at radius 3 is 2.85 bits per heavy atom. The average molecular weight is 349 g/mol. The Hall–Kier alpha value is -3.15. The largest absolute Gasteiger partial charge is 0.338 e. The molecular formula is C20H23N5O. The SMILES string of the molecule is Cc1ccc(CCNC(=O)N[C@H](C)c2cccc(-n3cccn3)c2)cn1. The Kier molecular flexibility index (Phi) is 5.63. The van der Waals surface area contributed by atoms with Crippen LogP contribution in [0, 0.1) is 6.92 Å². The van der Waals surface area contributed by atoms with Crippen LogP contribution < -0.4 is 10.6 Å². The topological polar surface area (TPSA) is 71.8 Å². The molecule has 0 bridgehead atoms. The molecule has 0 aliphatic carbocycles. The number of carbonyl (C=O) groups excluding carboxylic acids is 1. The summed E-state index contributed by atoms with van der Waals surface area (Å²) in [4.78, 5) is 16.4. The summed E-state index contributed by atoms with van der Waals surface area (Å²) in [6.45, 7) is 4.49. The van der Waals surface area contributed by atoms with Gasteiger partial charge in [-0.1, -0.05) is 18.2 Å². The van der Waals surface area contributed by atoms with E-state index in [1.165, 1.54) is 0 Å². The van der Waals surface area contributed by atoms with E-state index >= 15 is 0 Å². The summed E-state index contributed by atoms with van der Waals surface area (Å²) in [7, 11) is 0. The van der Waals surface area contributed by atoms with E-state index in [0.717, 1.165) is 28.9 Å². The second-order valence-corrected chi connectivity index (χ2v) is 6.23. The van der Waals surface area contributed by atoms with E-state index in [-0.39, 0.29) is 12.1 Å². The number of nitrogens with zero attached hydrogens (tertiary/aromatic N) is 3. The number of carbonyl (C=O) groups is 1. The molecule has 6 nitrogen and oxygen atoms in total. The molecule has 0 saturated carbocycles. The van der Waals surface area contributed by atoms with Gasteiger partial charge in [0.2, 0.25) is 0 Å². The minimum atomic E-state index is -0.179. The zero-order chi connectivity index (χ0) is 18.4. The molecule has 134 valence electrons. The summed E-state index contributed by atoms with van der Waals surface area (Å²) < 4.78 is 1.80. The van der Waals surface area contributed by atoms with Gasteiger partial charge in [0.05, 0.1) is 11.7 Å². The molecule has 6 heteroatoms. The minimum Gasteiger partial charge on any atom is -0.338 e. The molecule has 2 aromatic heterocycles. The van der Waals surface area contributed by atoms with Crippen LogP contribution in [0.1, 0.15) is 29.8 Å². The highest BCUT2D eigenvalue weighted by Crippen LogP contribution is 2.16. The van der Waals surface area contributed by atoms with Crippen molar-refractivity contribution < 1.29 is 4.79 Å². The third-order valence-corrected chi connectivity index (χ3v) is 4.16. The van der Waals surface area contributed by atoms with E-state index < -0.39 is 0 Å². The molecule has 2 amide bonds. The van der Waals surface area contributed by atoms with E-state index in [9.17, 15) is 4.79 Å². The predicted molar refractivity (Wildman–Crippen MR) is 101 cm³/mol. The lowest BCUT2D eigenvalue weighted by molar-refractivity contribution is 0.238. The summed E-state index contributed by atoms with van der Waals surface area (Å²) in [5.41, 5.74) is 4.09. The molecule has 3 rings (SSSR count). The molecular weight excluding hydrogens is 326 g/mol. The van der Waals surface area contributed by atoms with Crippen molar-refractivity contribution in [3.05, 3.63) is 77.9 Å². The standard InChI is InChI=1S/C20H23N5O/c1-15-7-8-17(14-22-15)9-11-21-20(26)24-16(2)18-5-3-6-19(13-18)25-12-4-10-23-25/h3-8,10,12-14,16H,9,11H2,1-2H3,(H2,21,24,26)/t16-/m1/s1. The van der Waals surface area contributed by atoms with E-state index in [4.69, 9.17) is 0 Å². The Labute approximate surface area is 153 Å². The first kappa shape index (κ1) is 17.7. The van der Waals surface area contributed by atoms with E-state index in [1.54, 1.807) is 10.9 Å². The molecule has 0 fully saturated rings. The summed E-state index contributed by atoms with van der Waals surface area (Å²) >= 11 is 0. The molecule has 2 heterocycles. The zero-order valence-electron chi connectivity index (χ0n) is 15.0. The van der Waals surface area contributed by atoms with Crippen LogP contribution in [0.3, 0.4) is 0 Å². The number of pyridine rings is 1. The van der Waals surface area contributed by atoms with Crippen LogP contribution >= 0.6 is 0 Å². The number of urea groups is 1. The third kappa shape index (κ3) is 4.69. The van der Waals surface area contributed by atoms with Crippen molar-refractivity contribution in [1.82, 2.24) is 25.4 Å². The van der Waals surface area contributed by atoms with Gasteiger partial charge in [-0.2, -0.15) is 5.10 Å². The number of amides is 2. The quantitative estimate of drug-likeness (QED) is 0.718. The third-order valence-electron chi connectivity index (χ3n) is 4.16. The fraction of sp³-hybridized carbons (Fsp3) is 0.250. The number of aromatic nitrogens is 3. The maximum absolute atomic E-state index is 12.1. The molecule has 0 aliphatic rings. The van der Waals surface area contributed by atoms with E-state index in [2.05, 4.69) is 20.7 Å². The molecule has 0 aliphatic heterocycles. The first-order valence-corrected chi connectivity index (χ1v) is 8.68. The normalized spacial score (nSPS) is 11.8. The van der Waals surface area contributed by atoms with E-state index in [1.807, 2.05) is 68.7 Å². The van der Waals surface area contributed by atoms with Gasteiger partial charge in [0, 0.05) is 30.8 Å². The second-order valence-electron chi connectivity index (χ2n) is 6.23. The molecule has 1 aromatic carbocycles. The number of hydrogen-bond acceptors (Lipinski definition) is 3. The lowest BCUT2D eigenvalue weighted by atomic mass is 10.1. The Morgan fingerprint density at radius 2 is 2.12 bits per heavy atom. The van der Waals surface area contributed by atoms with Crippen molar-refractivity contribution in [3.63, 3.8) is 0 Å². The van der Waals surface area contributed by atoms with E-state index in [0.29, 0.717) is 6.54 Å². The fourth-order valence-corrected chi connectivity index (χ4v) is 2.66. The highest BCUT2D eigenvalue weighted by atomic mass is 16.2. The van der Waals surface area contributed by atoms with Gasteiger partial charge >= 0.3 is 6.03 Å². The maximum atomic E-state index is 12.1. The molecule has 2 N–H and O–H groups in total. The molecule has 0 radical (unpaired) electrons. The lowest BCUT2D eigenvalue weighted by Crippen LogP contribution is -2.38. The smallest absolute Gasteiger partial charge is 0.315 e. The van der Waals surface area contributed by atoms with Crippen molar-refractivity contribution in [2.75, 3.05) is 6.54 Å². The highest BCUT2D eigenvalue weighted by Gasteiger charge is 2.10. The van der Waals surface area contributed by atoms with Gasteiger partial charge in [0.25, 0.3) is 0 Å². The number of nitrogens with one attached hydrogen (secondary N) is 2. The van der Waals surface area contributed by atoms with Gasteiger partial charge in [-0.05, 0) is 55.7 Å². The van der Waals surface area contributed by atoms with Gasteiger partial charge in [0.1, 0.15) is 0 Å². The van der Waals surface area contributed by atoms with Gasteiger partial charge < -0.3 is 10.6 Å². The Morgan fingerprint density at radius 1 is 1.23 bits per heavy atom. The molecule has 1 atom stereocenters. The van der Waals surface area contributed by atoms with Crippen molar-refractivity contribution in [3.8, 4) is 5.69 Å². The first-order valence-electron chi connectivity index (χ1n) is 8.68. The molecule has 26 heavy (non-hydrogen) atoms. The number of aryl methyl sites for hydroxylation is 1. The van der Waals surface area contributed by atoms with Gasteiger partial charge in [0.15, 0.2) is 0 Å². The van der Waals surface area contributed by atoms with Crippen LogP contribution in [0.4, 0.5) is 4.79 Å². The van der Waals surface area contributed by atoms with Crippen LogP contribution in [0.2, 0.25) is 0 Å². The Bertz CT molecular complexity index is 843. The van der Waals surface area contributed by atoms with Crippen molar-refractivity contribution in [1.29, 1.82) is 0 Å². The zero-order valence-corrected chi connectivity index (χ0v) is 15.0. The first-order chi connectivity index (χ1) is 12.6. The number of hydrogen-bond donors (Lipinski definition) is 2. The van der Waals surface area contributed by atoms with Crippen molar-refractivity contribution in [2.24, 2.45) is 0 Å². The summed E-state index contributed by atoms with van der Waals surface area (Å²) in [6.07, 6.45) is 6.23. The van der Waals surface area contributed by atoms with Crippen molar-refractivity contribution in [2.45, 2.75) is 26.3 Å². The highest BCUT2D eigenvalue weighted by molar-refractivity contribution is 5.74. The van der Waals surface area contributed by atoms with Crippen LogP contribution in [0.15, 0.2) is 61.1 Å². The van der Waals surface area contributed by atoms with Crippen LogP contribution in [0.5, 0.6) is 0 Å². The lowest BCUT2D eigenvalue weighted by Gasteiger charge is -2.16. The van der Waals surface area contributed by atoms with Gasteiger partial charge in [-0.3, -0.25) is 4.98 Å². The predicted octanol–water partition coefficient (Wildman–Crippen LogP) is 3.18. The van der Waals surface area contributed by atoms with Gasteiger partial charge in [-0.25, -0.2) is 9.48 Å². The molecule has 0 unspecified atom stereocenters. The van der Waals surface area contributed by atoms with Crippen LogP contribution in [0.25, 0.3) is 5.69 Å². The monoisotopic (exact) mass is 349 g/mol. The van der Waals surface area contributed by atoms with Gasteiger partial charge in [-0.15, -0.1) is 0 Å². The summed E-state index contributed by atoms with van der Waals surface area (Å²) in [5.74, 6) is 0. The second kappa shape index (κ2) is 8.29. The minimum absolute atomic E-state index is 0.105. The molecule has 0 saturated heterocycles. The fourth-order valence-electron chi connectivity index (χ4n) is 2.66. The number of benzene rings is 1. The molecule has 3 aromatic rings. The molecule has 0 spiro atoms. The summed E-state index contributed by atoms with van der Waals surface area (Å²) in [6, 6.07) is 13.6. The Balaban J connectivity index is 1.51. The maximum Gasteiger partial charge on any atom is 0.315 e.